The van der Waals surface area contributed by atoms with Crippen LogP contribution >= 0.6 is 0 Å². The van der Waals surface area contributed by atoms with E-state index in [0.717, 1.165) is 0 Å². The van der Waals surface area contributed by atoms with Crippen LogP contribution in [0.4, 0.5) is 11.9 Å². The summed E-state index contributed by atoms with van der Waals surface area (Å²) in [4.78, 5) is 14.8. The Bertz CT molecular complexity index is 571. The molecule has 0 aromatic carbocycles. The van der Waals surface area contributed by atoms with Gasteiger partial charge in [-0.05, 0) is 18.4 Å². The van der Waals surface area contributed by atoms with Crippen molar-refractivity contribution < 1.29 is 0 Å². The first-order valence-electron chi connectivity index (χ1n) is 6.53. The van der Waals surface area contributed by atoms with Gasteiger partial charge in [0.25, 0.3) is 5.95 Å². The standard InChI is InChI=1S/C13H21N7/c1-9(13(2,3)4)19(5)11-16-10(14)17-12(18-11)20-8-6-7-15-20/h6-9H,1-5H3,(H2,14,16,17,18). The Morgan fingerprint density at radius 1 is 1.25 bits per heavy atom. The average Bonchev–Trinajstić information content (AvgIpc) is 2.89. The lowest BCUT2D eigenvalue weighted by Gasteiger charge is -2.35. The minimum atomic E-state index is 0.0992. The lowest BCUT2D eigenvalue weighted by molar-refractivity contribution is 0.327. The van der Waals surface area contributed by atoms with E-state index in [0.29, 0.717) is 11.9 Å². The summed E-state index contributed by atoms with van der Waals surface area (Å²) in [5, 5.41) is 4.11. The van der Waals surface area contributed by atoms with Crippen molar-refractivity contribution >= 4 is 11.9 Å². The predicted octanol–water partition coefficient (Wildman–Crippen LogP) is 1.51. The van der Waals surface area contributed by atoms with Crippen LogP contribution in [0.3, 0.4) is 0 Å². The first kappa shape index (κ1) is 14.2. The van der Waals surface area contributed by atoms with Crippen molar-refractivity contribution in [1.29, 1.82) is 0 Å². The van der Waals surface area contributed by atoms with Gasteiger partial charge in [-0.25, -0.2) is 4.68 Å². The van der Waals surface area contributed by atoms with Gasteiger partial charge in [-0.2, -0.15) is 20.1 Å². The molecule has 7 heteroatoms. The molecule has 0 saturated carbocycles. The molecule has 0 aliphatic carbocycles. The highest BCUT2D eigenvalue weighted by Crippen LogP contribution is 2.25. The molecule has 2 N–H and O–H groups in total. The Balaban J connectivity index is 2.38. The summed E-state index contributed by atoms with van der Waals surface area (Å²) in [5.41, 5.74) is 5.88. The van der Waals surface area contributed by atoms with Crippen molar-refractivity contribution in [2.45, 2.75) is 33.7 Å². The van der Waals surface area contributed by atoms with Crippen LogP contribution in [0.25, 0.3) is 5.95 Å². The summed E-state index contributed by atoms with van der Waals surface area (Å²) >= 11 is 0. The normalized spacial score (nSPS) is 13.2. The van der Waals surface area contributed by atoms with Crippen molar-refractivity contribution in [1.82, 2.24) is 24.7 Å². The van der Waals surface area contributed by atoms with E-state index in [-0.39, 0.29) is 17.4 Å². The molecule has 0 fully saturated rings. The monoisotopic (exact) mass is 275 g/mol. The number of rotatable bonds is 3. The number of anilines is 2. The third kappa shape index (κ3) is 2.87. The Morgan fingerprint density at radius 2 is 1.95 bits per heavy atom. The van der Waals surface area contributed by atoms with Crippen molar-refractivity contribution in [2.24, 2.45) is 5.41 Å². The molecular formula is C13H21N7. The first-order valence-corrected chi connectivity index (χ1v) is 6.53. The molecule has 7 nitrogen and oxygen atoms in total. The number of aromatic nitrogens is 5. The van der Waals surface area contributed by atoms with E-state index in [1.807, 2.05) is 11.9 Å². The molecule has 2 rings (SSSR count). The molecule has 0 spiro atoms. The Kier molecular flexibility index (Phi) is 3.61. The number of hydrogen-bond acceptors (Lipinski definition) is 6. The second kappa shape index (κ2) is 5.07. The van der Waals surface area contributed by atoms with Gasteiger partial charge in [0.2, 0.25) is 11.9 Å². The maximum Gasteiger partial charge on any atom is 0.257 e. The molecule has 1 atom stereocenters. The highest BCUT2D eigenvalue weighted by atomic mass is 15.4. The summed E-state index contributed by atoms with van der Waals surface area (Å²) < 4.78 is 1.57. The highest BCUT2D eigenvalue weighted by Gasteiger charge is 2.26. The Morgan fingerprint density at radius 3 is 2.50 bits per heavy atom. The van der Waals surface area contributed by atoms with E-state index < -0.39 is 0 Å². The van der Waals surface area contributed by atoms with Crippen LogP contribution in [0.1, 0.15) is 27.7 Å². The van der Waals surface area contributed by atoms with Crippen molar-refractivity contribution in [3.63, 3.8) is 0 Å². The third-order valence-electron chi connectivity index (χ3n) is 3.49. The smallest absolute Gasteiger partial charge is 0.257 e. The molecule has 2 aromatic rings. The quantitative estimate of drug-likeness (QED) is 0.913. The molecule has 0 radical (unpaired) electrons. The highest BCUT2D eigenvalue weighted by molar-refractivity contribution is 5.38. The largest absolute Gasteiger partial charge is 0.368 e. The van der Waals surface area contributed by atoms with Gasteiger partial charge in [-0.3, -0.25) is 0 Å². The molecule has 0 aliphatic heterocycles. The SMILES string of the molecule is CC(N(C)c1nc(N)nc(-n2cccn2)n1)C(C)(C)C. The minimum Gasteiger partial charge on any atom is -0.368 e. The Labute approximate surface area is 118 Å². The van der Waals surface area contributed by atoms with Crippen LogP contribution in [0.15, 0.2) is 18.5 Å². The lowest BCUT2D eigenvalue weighted by atomic mass is 9.87. The van der Waals surface area contributed by atoms with E-state index in [1.54, 1.807) is 23.1 Å². The summed E-state index contributed by atoms with van der Waals surface area (Å²) in [7, 11) is 1.96. The molecule has 2 aromatic heterocycles. The van der Waals surface area contributed by atoms with Crippen LogP contribution < -0.4 is 10.6 Å². The van der Waals surface area contributed by atoms with Crippen molar-refractivity contribution in [3.05, 3.63) is 18.5 Å². The molecule has 0 aliphatic rings. The van der Waals surface area contributed by atoms with Crippen molar-refractivity contribution in [3.8, 4) is 5.95 Å². The molecule has 1 unspecified atom stereocenters. The van der Waals surface area contributed by atoms with Crippen LogP contribution in [0.5, 0.6) is 0 Å². The molecule has 0 amide bonds. The molecule has 108 valence electrons. The molecule has 2 heterocycles. The topological polar surface area (TPSA) is 85.8 Å². The lowest BCUT2D eigenvalue weighted by Crippen LogP contribution is -2.40. The predicted molar refractivity (Wildman–Crippen MR) is 78.7 cm³/mol. The van der Waals surface area contributed by atoms with E-state index in [4.69, 9.17) is 5.73 Å². The number of nitrogen functional groups attached to an aromatic ring is 1. The molecule has 0 bridgehead atoms. The second-order valence-electron chi connectivity index (χ2n) is 5.90. The van der Waals surface area contributed by atoms with Crippen LogP contribution in [0, 0.1) is 5.41 Å². The van der Waals surface area contributed by atoms with Gasteiger partial charge < -0.3 is 10.6 Å². The van der Waals surface area contributed by atoms with Crippen LogP contribution in [0.2, 0.25) is 0 Å². The molecule has 20 heavy (non-hydrogen) atoms. The van der Waals surface area contributed by atoms with E-state index >= 15 is 0 Å². The van der Waals surface area contributed by atoms with E-state index in [2.05, 4.69) is 47.7 Å². The van der Waals surface area contributed by atoms with Gasteiger partial charge in [0, 0.05) is 25.5 Å². The summed E-state index contributed by atoms with van der Waals surface area (Å²) in [6.07, 6.45) is 3.44. The number of nitrogens with zero attached hydrogens (tertiary/aromatic N) is 6. The maximum absolute atomic E-state index is 5.78. The average molecular weight is 275 g/mol. The van der Waals surface area contributed by atoms with Gasteiger partial charge >= 0.3 is 0 Å². The fourth-order valence-corrected chi connectivity index (χ4v) is 1.77. The van der Waals surface area contributed by atoms with Gasteiger partial charge in [-0.15, -0.1) is 0 Å². The Hall–Kier alpha value is -2.18. The van der Waals surface area contributed by atoms with E-state index in [9.17, 15) is 0 Å². The van der Waals surface area contributed by atoms with Gasteiger partial charge in [0.15, 0.2) is 0 Å². The third-order valence-corrected chi connectivity index (χ3v) is 3.49. The zero-order valence-electron chi connectivity index (χ0n) is 12.6. The fraction of sp³-hybridized carbons (Fsp3) is 0.538. The summed E-state index contributed by atoms with van der Waals surface area (Å²) in [5.74, 6) is 1.16. The molecular weight excluding hydrogens is 254 g/mol. The summed E-state index contributed by atoms with van der Waals surface area (Å²) in [6.45, 7) is 8.65. The fourth-order valence-electron chi connectivity index (χ4n) is 1.77. The first-order chi connectivity index (χ1) is 9.29. The van der Waals surface area contributed by atoms with E-state index in [1.165, 1.54) is 0 Å². The number of nitrogens with two attached hydrogens (primary N) is 1. The van der Waals surface area contributed by atoms with Gasteiger partial charge in [-0.1, -0.05) is 20.8 Å². The zero-order chi connectivity index (χ0) is 14.9. The minimum absolute atomic E-state index is 0.0992. The van der Waals surface area contributed by atoms with Gasteiger partial charge in [0.05, 0.1) is 0 Å². The molecule has 0 saturated heterocycles. The number of hydrogen-bond donors (Lipinski definition) is 1. The second-order valence-corrected chi connectivity index (χ2v) is 5.90. The van der Waals surface area contributed by atoms with Crippen LogP contribution in [-0.2, 0) is 0 Å². The zero-order valence-corrected chi connectivity index (χ0v) is 12.6. The van der Waals surface area contributed by atoms with Crippen molar-refractivity contribution in [2.75, 3.05) is 17.7 Å². The van der Waals surface area contributed by atoms with Crippen LogP contribution in [-0.4, -0.2) is 37.8 Å². The van der Waals surface area contributed by atoms with Gasteiger partial charge in [0.1, 0.15) is 0 Å². The summed E-state index contributed by atoms with van der Waals surface area (Å²) in [6, 6.07) is 2.05. The maximum atomic E-state index is 5.78.